The second kappa shape index (κ2) is 6.12. The maximum absolute atomic E-state index is 12.4. The monoisotopic (exact) mass is 283 g/mol. The highest BCUT2D eigenvalue weighted by atomic mass is 16.2. The number of nitrogens with zero attached hydrogens (tertiary/aromatic N) is 3. The Morgan fingerprint density at radius 1 is 1.24 bits per heavy atom. The molecule has 1 fully saturated rings. The van der Waals surface area contributed by atoms with Crippen molar-refractivity contribution >= 4 is 5.91 Å². The lowest BCUT2D eigenvalue weighted by molar-refractivity contribution is 0.0690. The van der Waals surface area contributed by atoms with Gasteiger partial charge in [-0.1, -0.05) is 25.1 Å². The first-order chi connectivity index (χ1) is 10.3. The van der Waals surface area contributed by atoms with Gasteiger partial charge in [0.1, 0.15) is 0 Å². The van der Waals surface area contributed by atoms with Crippen LogP contribution in [0.15, 0.2) is 42.7 Å². The molecule has 1 aliphatic rings. The van der Waals surface area contributed by atoms with Gasteiger partial charge in [0.25, 0.3) is 5.91 Å². The largest absolute Gasteiger partial charge is 0.338 e. The van der Waals surface area contributed by atoms with Crippen molar-refractivity contribution in [3.05, 3.63) is 53.9 Å². The summed E-state index contributed by atoms with van der Waals surface area (Å²) >= 11 is 0. The molecule has 4 heteroatoms. The molecule has 1 aromatic carbocycles. The smallest absolute Gasteiger partial charge is 0.253 e. The van der Waals surface area contributed by atoms with E-state index in [1.165, 1.54) is 5.56 Å². The van der Waals surface area contributed by atoms with E-state index in [0.29, 0.717) is 6.04 Å². The molecular formula is C17H21N3O. The second-order valence-corrected chi connectivity index (χ2v) is 5.57. The molecule has 0 bridgehead atoms. The van der Waals surface area contributed by atoms with Crippen molar-refractivity contribution in [3.63, 3.8) is 0 Å². The first-order valence-electron chi connectivity index (χ1n) is 7.65. The van der Waals surface area contributed by atoms with Crippen molar-refractivity contribution < 1.29 is 4.79 Å². The number of piperidine rings is 1. The van der Waals surface area contributed by atoms with Crippen LogP contribution in [-0.2, 0) is 6.42 Å². The molecule has 1 saturated heterocycles. The number of rotatable bonds is 3. The molecule has 3 rings (SSSR count). The van der Waals surface area contributed by atoms with Crippen LogP contribution in [0.1, 0.15) is 41.7 Å². The fourth-order valence-electron chi connectivity index (χ4n) is 2.86. The van der Waals surface area contributed by atoms with Crippen molar-refractivity contribution in [2.45, 2.75) is 32.2 Å². The van der Waals surface area contributed by atoms with Gasteiger partial charge in [-0.05, 0) is 37.0 Å². The summed E-state index contributed by atoms with van der Waals surface area (Å²) in [6.45, 7) is 3.75. The van der Waals surface area contributed by atoms with E-state index in [2.05, 4.69) is 22.9 Å². The molecule has 1 amide bonds. The Balaban J connectivity index is 1.61. The molecule has 2 heterocycles. The molecular weight excluding hydrogens is 262 g/mol. The number of carbonyl (C=O) groups is 1. The van der Waals surface area contributed by atoms with E-state index in [-0.39, 0.29) is 5.91 Å². The maximum Gasteiger partial charge on any atom is 0.253 e. The fourth-order valence-corrected chi connectivity index (χ4v) is 2.86. The number of likely N-dealkylation sites (tertiary alicyclic amines) is 1. The lowest BCUT2D eigenvalue weighted by Gasteiger charge is -2.32. The lowest BCUT2D eigenvalue weighted by atomic mass is 10.0. The summed E-state index contributed by atoms with van der Waals surface area (Å²) in [5, 5.41) is 4.45. The average Bonchev–Trinajstić information content (AvgIpc) is 3.04. The van der Waals surface area contributed by atoms with Crippen LogP contribution in [-0.4, -0.2) is 33.7 Å². The summed E-state index contributed by atoms with van der Waals surface area (Å²) in [4.78, 5) is 14.4. The molecule has 0 radical (unpaired) electrons. The summed E-state index contributed by atoms with van der Waals surface area (Å²) in [5.41, 5.74) is 2.06. The Morgan fingerprint density at radius 2 is 1.95 bits per heavy atom. The standard InChI is InChI=1S/C17H21N3O/c1-2-14-12-18-20(13-14)16-8-10-19(11-9-16)17(21)15-6-4-3-5-7-15/h3-7,12-13,16H,2,8-11H2,1H3. The van der Waals surface area contributed by atoms with Gasteiger partial charge < -0.3 is 4.90 Å². The van der Waals surface area contributed by atoms with Crippen LogP contribution in [0.3, 0.4) is 0 Å². The Labute approximate surface area is 125 Å². The maximum atomic E-state index is 12.4. The predicted octanol–water partition coefficient (Wildman–Crippen LogP) is 2.92. The van der Waals surface area contributed by atoms with Gasteiger partial charge in [0.2, 0.25) is 0 Å². The quantitative estimate of drug-likeness (QED) is 0.868. The second-order valence-electron chi connectivity index (χ2n) is 5.57. The molecule has 21 heavy (non-hydrogen) atoms. The zero-order chi connectivity index (χ0) is 14.7. The van der Waals surface area contributed by atoms with Crippen molar-refractivity contribution in [2.75, 3.05) is 13.1 Å². The molecule has 2 aromatic rings. The summed E-state index contributed by atoms with van der Waals surface area (Å²) in [6, 6.07) is 9.95. The first kappa shape index (κ1) is 13.9. The number of hydrogen-bond donors (Lipinski definition) is 0. The number of aryl methyl sites for hydroxylation is 1. The van der Waals surface area contributed by atoms with Crippen LogP contribution in [0.4, 0.5) is 0 Å². The van der Waals surface area contributed by atoms with Gasteiger partial charge in [0.15, 0.2) is 0 Å². The number of carbonyl (C=O) groups excluding carboxylic acids is 1. The molecule has 0 spiro atoms. The highest BCUT2D eigenvalue weighted by molar-refractivity contribution is 5.94. The van der Waals surface area contributed by atoms with Gasteiger partial charge in [-0.2, -0.15) is 5.10 Å². The molecule has 0 atom stereocenters. The highest BCUT2D eigenvalue weighted by Gasteiger charge is 2.24. The van der Waals surface area contributed by atoms with Crippen LogP contribution in [0.5, 0.6) is 0 Å². The van der Waals surface area contributed by atoms with Crippen molar-refractivity contribution in [1.82, 2.24) is 14.7 Å². The third-order valence-electron chi connectivity index (χ3n) is 4.21. The van der Waals surface area contributed by atoms with E-state index in [0.717, 1.165) is 37.9 Å². The Morgan fingerprint density at radius 3 is 2.57 bits per heavy atom. The minimum Gasteiger partial charge on any atom is -0.338 e. The Hall–Kier alpha value is -2.10. The first-order valence-corrected chi connectivity index (χ1v) is 7.65. The fraction of sp³-hybridized carbons (Fsp3) is 0.412. The van der Waals surface area contributed by atoms with E-state index >= 15 is 0 Å². The van der Waals surface area contributed by atoms with Gasteiger partial charge in [-0.3, -0.25) is 9.48 Å². The number of benzene rings is 1. The van der Waals surface area contributed by atoms with E-state index in [1.54, 1.807) is 0 Å². The number of amides is 1. The normalized spacial score (nSPS) is 16.1. The van der Waals surface area contributed by atoms with Gasteiger partial charge in [-0.15, -0.1) is 0 Å². The Kier molecular flexibility index (Phi) is 4.04. The van der Waals surface area contributed by atoms with Gasteiger partial charge in [0.05, 0.1) is 12.2 Å². The molecule has 4 nitrogen and oxygen atoms in total. The van der Waals surface area contributed by atoms with E-state index < -0.39 is 0 Å². The van der Waals surface area contributed by atoms with Crippen molar-refractivity contribution in [1.29, 1.82) is 0 Å². The number of hydrogen-bond acceptors (Lipinski definition) is 2. The van der Waals surface area contributed by atoms with Crippen LogP contribution in [0.25, 0.3) is 0 Å². The molecule has 0 aliphatic carbocycles. The molecule has 1 aromatic heterocycles. The van der Waals surface area contributed by atoms with Gasteiger partial charge in [0, 0.05) is 24.8 Å². The Bertz CT molecular complexity index is 598. The van der Waals surface area contributed by atoms with Crippen LogP contribution in [0, 0.1) is 0 Å². The molecule has 0 N–H and O–H groups in total. The molecule has 0 unspecified atom stereocenters. The van der Waals surface area contributed by atoms with Crippen LogP contribution in [0.2, 0.25) is 0 Å². The van der Waals surface area contributed by atoms with Crippen molar-refractivity contribution in [3.8, 4) is 0 Å². The summed E-state index contributed by atoms with van der Waals surface area (Å²) in [6.07, 6.45) is 7.05. The van der Waals surface area contributed by atoms with Crippen LogP contribution >= 0.6 is 0 Å². The topological polar surface area (TPSA) is 38.1 Å². The number of aromatic nitrogens is 2. The van der Waals surface area contributed by atoms with E-state index in [1.807, 2.05) is 41.4 Å². The highest BCUT2D eigenvalue weighted by Crippen LogP contribution is 2.23. The van der Waals surface area contributed by atoms with E-state index in [4.69, 9.17) is 0 Å². The summed E-state index contributed by atoms with van der Waals surface area (Å²) < 4.78 is 2.07. The van der Waals surface area contributed by atoms with Crippen molar-refractivity contribution in [2.24, 2.45) is 0 Å². The van der Waals surface area contributed by atoms with Crippen LogP contribution < -0.4 is 0 Å². The minimum atomic E-state index is 0.142. The van der Waals surface area contributed by atoms with E-state index in [9.17, 15) is 4.79 Å². The molecule has 110 valence electrons. The molecule has 1 aliphatic heterocycles. The SMILES string of the molecule is CCc1cnn(C2CCN(C(=O)c3ccccc3)CC2)c1. The minimum absolute atomic E-state index is 0.142. The van der Waals surface area contributed by atoms with Gasteiger partial charge in [-0.25, -0.2) is 0 Å². The lowest BCUT2D eigenvalue weighted by Crippen LogP contribution is -2.39. The summed E-state index contributed by atoms with van der Waals surface area (Å²) in [5.74, 6) is 0.142. The zero-order valence-corrected chi connectivity index (χ0v) is 12.4. The zero-order valence-electron chi connectivity index (χ0n) is 12.4. The van der Waals surface area contributed by atoms with Gasteiger partial charge >= 0.3 is 0 Å². The third-order valence-corrected chi connectivity index (χ3v) is 4.21. The molecule has 0 saturated carbocycles. The predicted molar refractivity (Wildman–Crippen MR) is 82.2 cm³/mol. The average molecular weight is 283 g/mol. The summed E-state index contributed by atoms with van der Waals surface area (Å²) in [7, 11) is 0. The third kappa shape index (κ3) is 2.99.